The molecule has 0 saturated carbocycles. The van der Waals surface area contributed by atoms with E-state index < -0.39 is 125 Å². The summed E-state index contributed by atoms with van der Waals surface area (Å²) in [6.07, 6.45) is 10.2. The van der Waals surface area contributed by atoms with Crippen LogP contribution in [0.5, 0.6) is 0 Å². The molecule has 1 aromatic carbocycles. The zero-order valence-corrected chi connectivity index (χ0v) is 48.4. The number of allylic oxidation sites excluding steroid dienone is 2. The number of benzene rings is 1. The highest BCUT2D eigenvalue weighted by Crippen LogP contribution is 2.74. The number of fused-ring (bicyclic) bond motifs is 1. The third-order valence-electron chi connectivity index (χ3n) is 9.09. The first-order chi connectivity index (χ1) is 33.1. The van der Waals surface area contributed by atoms with Crippen molar-refractivity contribution in [2.75, 3.05) is 6.66 Å². The van der Waals surface area contributed by atoms with Gasteiger partial charge >= 0.3 is 77.3 Å². The van der Waals surface area contributed by atoms with Crippen molar-refractivity contribution >= 4 is 105 Å². The van der Waals surface area contributed by atoms with Crippen LogP contribution in [-0.4, -0.2) is 182 Å². The number of aliphatic imine (C=N–C) groups is 1. The van der Waals surface area contributed by atoms with Crippen molar-refractivity contribution in [2.45, 2.75) is 75.6 Å². The Bertz CT molecular complexity index is 2730. The van der Waals surface area contributed by atoms with Crippen LogP contribution in [0, 0.1) is 6.92 Å². The van der Waals surface area contributed by atoms with Crippen molar-refractivity contribution in [1.29, 1.82) is 0 Å². The summed E-state index contributed by atoms with van der Waals surface area (Å²) in [6.45, 7) is 1.75. The number of aliphatic hydroxyl groups is 5. The molecule has 0 radical (unpaired) electrons. The molecule has 4 rings (SSSR count). The Kier molecular flexibility index (Phi) is 27.4. The van der Waals surface area contributed by atoms with Gasteiger partial charge in [-0.2, -0.15) is 0 Å². The number of thioether (sulfide) groups is 1. The molecule has 38 nitrogen and oxygen atoms in total. The number of alkyl halides is 1. The number of rotatable bonds is 16. The van der Waals surface area contributed by atoms with E-state index in [9.17, 15) is 61.0 Å². The molecule has 24 N–H and O–H groups in total. The fourth-order valence-electron chi connectivity index (χ4n) is 4.49. The summed E-state index contributed by atoms with van der Waals surface area (Å²) >= 11 is 4.81. The van der Waals surface area contributed by atoms with E-state index in [0.717, 1.165) is 16.5 Å². The van der Waals surface area contributed by atoms with E-state index in [4.69, 9.17) is 115 Å². The normalized spacial score (nSPS) is 18.5. The topological polar surface area (TPSA) is 690 Å². The van der Waals surface area contributed by atoms with Crippen LogP contribution in [0.4, 0.5) is 0 Å². The van der Waals surface area contributed by atoms with Gasteiger partial charge in [0, 0.05) is 42.8 Å². The highest BCUT2D eigenvalue weighted by molar-refractivity contribution is 8.13. The lowest BCUT2D eigenvalue weighted by Gasteiger charge is -2.34. The molecule has 0 spiro atoms. The number of aryl methyl sites for hydroxylation is 1. The Morgan fingerprint density at radius 1 is 0.597 bits per heavy atom. The van der Waals surface area contributed by atoms with Crippen molar-refractivity contribution in [1.82, 2.24) is 14.5 Å². The van der Waals surface area contributed by atoms with Crippen molar-refractivity contribution in [3.05, 3.63) is 73.0 Å². The highest BCUT2D eigenvalue weighted by Gasteiger charge is 2.63. The van der Waals surface area contributed by atoms with E-state index in [-0.39, 0.29) is 24.1 Å². The average molecular weight is 1360 g/mol. The first-order valence-corrected chi connectivity index (χ1v) is 36.4. The van der Waals surface area contributed by atoms with Gasteiger partial charge in [-0.1, -0.05) is 54.6 Å². The second-order valence-electron chi connectivity index (χ2n) is 15.2. The maximum atomic E-state index is 11.3. The molecule has 0 saturated heterocycles. The molecule has 2 aromatic rings. The summed E-state index contributed by atoms with van der Waals surface area (Å²) < 4.78 is 102. The Balaban J connectivity index is 0. The first kappa shape index (κ1) is 78.4. The Hall–Kier alpha value is -0.640. The predicted octanol–water partition coefficient (Wildman–Crippen LogP) is -0.976. The number of hydrogen-bond acceptors (Lipinski definition) is 19. The fraction of sp³-hybridized carbons (Fsp3) is 0.481. The zero-order valence-electron chi connectivity index (χ0n) is 37.9. The minimum atomic E-state index is -5.45. The molecule has 0 amide bonds. The summed E-state index contributed by atoms with van der Waals surface area (Å²) in [5, 5.41) is 36.2. The van der Waals surface area contributed by atoms with Crippen molar-refractivity contribution < 1.29 is 164 Å². The summed E-state index contributed by atoms with van der Waals surface area (Å²) in [5.74, 6) is 0. The van der Waals surface area contributed by atoms with E-state index >= 15 is 0 Å². The molecule has 2 aliphatic rings. The second kappa shape index (κ2) is 26.9. The van der Waals surface area contributed by atoms with E-state index in [2.05, 4.69) is 9.98 Å². The maximum Gasteiger partial charge on any atom is 0.382 e. The minimum Gasteiger partial charge on any atom is -0.368 e. The molecule has 3 heterocycles. The third kappa shape index (κ3) is 20.3. The lowest BCUT2D eigenvalue weighted by Crippen LogP contribution is -2.41. The minimum absolute atomic E-state index is 0. The van der Waals surface area contributed by atoms with Crippen molar-refractivity contribution in [2.24, 2.45) is 4.99 Å². The number of halogens is 1. The lowest BCUT2D eigenvalue weighted by molar-refractivity contribution is 0.106. The molecule has 50 heteroatoms. The number of aromatic nitrogens is 2. The van der Waals surface area contributed by atoms with E-state index in [1.165, 1.54) is 35.6 Å². The highest BCUT2D eigenvalue weighted by atomic mass is 35.5. The monoisotopic (exact) mass is 1360 g/mol. The molecule has 77 heavy (non-hydrogen) atoms. The van der Waals surface area contributed by atoms with E-state index in [1.807, 2.05) is 0 Å². The van der Waals surface area contributed by atoms with Crippen molar-refractivity contribution in [3.63, 3.8) is 0 Å². The number of imidazole rings is 1. The maximum absolute atomic E-state index is 11.3. The predicted molar refractivity (Wildman–Crippen MR) is 267 cm³/mol. The number of hydrogen-bond donors (Lipinski definition) is 24. The van der Waals surface area contributed by atoms with Crippen LogP contribution >= 0.6 is 99.1 Å². The van der Waals surface area contributed by atoms with Gasteiger partial charge in [0.05, 0.1) is 18.9 Å². The van der Waals surface area contributed by atoms with Crippen LogP contribution in [-0.2, 0) is 52.2 Å². The molecule has 0 aliphatic carbocycles. The van der Waals surface area contributed by atoms with Gasteiger partial charge in [0.15, 0.2) is 0 Å². The third-order valence-corrected chi connectivity index (χ3v) is 31.5. The summed E-state index contributed by atoms with van der Waals surface area (Å²) in [7, 11) is -52.6. The summed E-state index contributed by atoms with van der Waals surface area (Å²) in [4.78, 5) is 175. The van der Waals surface area contributed by atoms with Crippen LogP contribution in [0.1, 0.15) is 26.3 Å². The van der Waals surface area contributed by atoms with Gasteiger partial charge < -0.3 is 128 Å². The molecule has 0 fully saturated rings. The van der Waals surface area contributed by atoms with Crippen LogP contribution in [0.25, 0.3) is 0 Å². The zero-order chi connectivity index (χ0) is 61.0. The van der Waals surface area contributed by atoms with Crippen LogP contribution in [0.15, 0.2) is 77.3 Å². The fourth-order valence-corrected chi connectivity index (χ4v) is 15.6. The summed E-state index contributed by atoms with van der Waals surface area (Å²) in [5.41, 5.74) is 0.857. The Morgan fingerprint density at radius 3 is 1.29 bits per heavy atom. The quantitative estimate of drug-likeness (QED) is 0.0416. The van der Waals surface area contributed by atoms with Gasteiger partial charge in [-0.25, -0.2) is 4.98 Å². The SMILES string of the molecule is C.CC(O)(P(=O)(O)O)P(=O)(O)O.CP(=O)(O)C(O)(Cl)P(=O)(O)O.Cc1ccc(SC(O)(P(=O)(O)O)P(=O)(O)O)cc1.O=P(O)(O)C(O)(CC1C=NC2C=CC=CN12)P(=O)(O)O.O=P(O)(O)C(O)(Cn1ccnc1)P(=O)(O)O. The Labute approximate surface area is 442 Å². The number of nitrogens with zero attached hydrogens (tertiary/aromatic N) is 4. The lowest BCUT2D eigenvalue weighted by atomic mass is 10.2. The summed E-state index contributed by atoms with van der Waals surface area (Å²) in [6, 6.07) is 5.14. The van der Waals surface area contributed by atoms with E-state index in [0.29, 0.717) is 13.6 Å². The second-order valence-corrected chi connectivity index (χ2v) is 38.8. The molecule has 4 atom stereocenters. The van der Waals surface area contributed by atoms with Gasteiger partial charge in [-0.3, -0.25) is 50.6 Å². The largest absolute Gasteiger partial charge is 0.382 e. The average Bonchev–Trinajstić information content (AvgIpc) is 3.85. The van der Waals surface area contributed by atoms with Gasteiger partial charge in [0.25, 0.3) is 22.6 Å². The van der Waals surface area contributed by atoms with Gasteiger partial charge in [-0.05, 0) is 38.1 Å². The van der Waals surface area contributed by atoms with E-state index in [1.54, 1.807) is 43.5 Å². The molecule has 1 aromatic heterocycles. The van der Waals surface area contributed by atoms with Gasteiger partial charge in [0.1, 0.15) is 6.17 Å². The van der Waals surface area contributed by atoms with Gasteiger partial charge in [0.2, 0.25) is 0 Å². The Morgan fingerprint density at radius 2 is 1.00 bits per heavy atom. The standard InChI is InChI=1S/C9H14N2O7P2.C8H12O7P2S.C5H10N2O7P2.C2H7ClO6P2.C2H8O7P2.CH4/c12-9(19(13,14)15,20(16,17)18)5-7-6-10-8-3-1-2-4-11(7)8;1-6-2-4-7(5-3-6)18-8(9,16(10,11)12)17(13,14)15;8-5(15(9,10)11,16(12,13)14)3-7-2-1-6-4-7;1-10(5,6)2(3,4)11(7,8)9;1-2(3,10(4,5)6)11(7,8)9;/h1-4,6-8,12H,5H2,(H2,13,14,15)(H2,16,17,18);2-5,9H,1H3,(H2,10,11,12)(H2,13,14,15);1-2,4,8H,3H2,(H2,9,10,11)(H2,12,13,14);4H,1H3,(H,5,6)(H2,7,8,9);3H,1H3,(H2,4,5,6)(H2,7,8,9);1H4. The van der Waals surface area contributed by atoms with Crippen LogP contribution in [0.2, 0.25) is 0 Å². The molecule has 4 unspecified atom stereocenters. The molecule has 450 valence electrons. The smallest absolute Gasteiger partial charge is 0.368 e. The molecule has 2 aliphatic heterocycles. The molecular weight excluding hydrogens is 1300 g/mol. The van der Waals surface area contributed by atoms with Crippen LogP contribution < -0.4 is 0 Å². The molecule has 0 bridgehead atoms. The van der Waals surface area contributed by atoms with Crippen LogP contribution in [0.3, 0.4) is 0 Å². The van der Waals surface area contributed by atoms with Gasteiger partial charge in [-0.15, -0.1) is 0 Å². The molecular formula is C27H55ClN4O34P10S. The van der Waals surface area contributed by atoms with Crippen molar-refractivity contribution in [3.8, 4) is 0 Å². The first-order valence-electron chi connectivity index (χ1n) is 18.6.